The first kappa shape index (κ1) is 7.19. The van der Waals surface area contributed by atoms with E-state index in [1.54, 1.807) is 0 Å². The number of hydrogen-bond acceptors (Lipinski definition) is 2. The maximum absolute atomic E-state index is 4.29. The van der Waals surface area contributed by atoms with Gasteiger partial charge in [-0.25, -0.2) is 0 Å². The van der Waals surface area contributed by atoms with Crippen LogP contribution in [0.2, 0.25) is 0 Å². The van der Waals surface area contributed by atoms with Crippen molar-refractivity contribution < 1.29 is 0 Å². The third-order valence-electron chi connectivity index (χ3n) is 1.27. The van der Waals surface area contributed by atoms with Gasteiger partial charge in [-0.15, -0.1) is 0 Å². The molecule has 1 heterocycles. The van der Waals surface area contributed by atoms with Gasteiger partial charge < -0.3 is 0 Å². The molecule has 0 aromatic heterocycles. The largest absolute Gasteiger partial charge is 0.281 e. The van der Waals surface area contributed by atoms with Crippen LogP contribution in [0.3, 0.4) is 0 Å². The standard InChI is InChI=1S/C8H12N2/c1-7-4-9-6-8(2,3)10-5-7/h4-6H,1-3H3. The molecule has 2 nitrogen and oxygen atoms in total. The van der Waals surface area contributed by atoms with E-state index in [-0.39, 0.29) is 5.54 Å². The van der Waals surface area contributed by atoms with E-state index in [4.69, 9.17) is 0 Å². The minimum Gasteiger partial charge on any atom is -0.281 e. The van der Waals surface area contributed by atoms with Crippen molar-refractivity contribution in [2.75, 3.05) is 0 Å². The lowest BCUT2D eigenvalue weighted by molar-refractivity contribution is 0.723. The van der Waals surface area contributed by atoms with Crippen molar-refractivity contribution in [1.29, 1.82) is 0 Å². The van der Waals surface area contributed by atoms with Gasteiger partial charge in [0.2, 0.25) is 0 Å². The summed E-state index contributed by atoms with van der Waals surface area (Å²) in [5, 5.41) is 0. The van der Waals surface area contributed by atoms with Gasteiger partial charge in [0.15, 0.2) is 0 Å². The average molecular weight is 136 g/mol. The molecule has 1 aliphatic rings. The Morgan fingerprint density at radius 3 is 2.80 bits per heavy atom. The number of allylic oxidation sites excluding steroid dienone is 1. The van der Waals surface area contributed by atoms with Crippen molar-refractivity contribution in [1.82, 2.24) is 0 Å². The highest BCUT2D eigenvalue weighted by Crippen LogP contribution is 2.08. The van der Waals surface area contributed by atoms with Gasteiger partial charge in [0.1, 0.15) is 0 Å². The summed E-state index contributed by atoms with van der Waals surface area (Å²) in [6.45, 7) is 6.04. The number of aliphatic imine (C=N–C) groups is 2. The van der Waals surface area contributed by atoms with Crippen molar-refractivity contribution in [3.8, 4) is 0 Å². The smallest absolute Gasteiger partial charge is 0.0901 e. The zero-order valence-corrected chi connectivity index (χ0v) is 6.63. The normalized spacial score (nSPS) is 22.1. The summed E-state index contributed by atoms with van der Waals surface area (Å²) in [5.41, 5.74) is 0.968. The van der Waals surface area contributed by atoms with Gasteiger partial charge in [-0.3, -0.25) is 9.98 Å². The van der Waals surface area contributed by atoms with Crippen LogP contribution >= 0.6 is 0 Å². The molecule has 0 N–H and O–H groups in total. The van der Waals surface area contributed by atoms with E-state index in [1.807, 2.05) is 39.4 Å². The molecule has 0 saturated heterocycles. The minimum absolute atomic E-state index is 0.131. The third kappa shape index (κ3) is 1.79. The Morgan fingerprint density at radius 1 is 1.40 bits per heavy atom. The quantitative estimate of drug-likeness (QED) is 0.485. The molecule has 0 aliphatic carbocycles. The topological polar surface area (TPSA) is 24.7 Å². The Labute approximate surface area is 61.4 Å². The van der Waals surface area contributed by atoms with Crippen molar-refractivity contribution in [2.45, 2.75) is 26.3 Å². The second-order valence-electron chi connectivity index (χ2n) is 3.06. The predicted molar refractivity (Wildman–Crippen MR) is 44.8 cm³/mol. The second-order valence-corrected chi connectivity index (χ2v) is 3.06. The highest BCUT2D eigenvalue weighted by atomic mass is 14.9. The summed E-state index contributed by atoms with van der Waals surface area (Å²) in [6.07, 6.45) is 5.52. The fourth-order valence-electron chi connectivity index (χ4n) is 0.672. The summed E-state index contributed by atoms with van der Waals surface area (Å²) >= 11 is 0. The molecule has 0 amide bonds. The Kier molecular flexibility index (Phi) is 1.70. The second kappa shape index (κ2) is 2.37. The number of hydrogen-bond donors (Lipinski definition) is 0. The molecule has 0 aromatic carbocycles. The van der Waals surface area contributed by atoms with Gasteiger partial charge in [0.05, 0.1) is 5.54 Å². The third-order valence-corrected chi connectivity index (χ3v) is 1.27. The molecule has 0 spiro atoms. The minimum atomic E-state index is -0.131. The maximum Gasteiger partial charge on any atom is 0.0901 e. The molecule has 54 valence electrons. The Hall–Kier alpha value is -0.920. The van der Waals surface area contributed by atoms with Gasteiger partial charge in [-0.05, 0) is 26.3 Å². The molecule has 0 saturated carbocycles. The van der Waals surface area contributed by atoms with Crippen LogP contribution in [0.25, 0.3) is 0 Å². The van der Waals surface area contributed by atoms with E-state index < -0.39 is 0 Å². The first-order chi connectivity index (χ1) is 4.60. The Morgan fingerprint density at radius 2 is 2.10 bits per heavy atom. The molecule has 0 fully saturated rings. The van der Waals surface area contributed by atoms with Gasteiger partial charge in [0.25, 0.3) is 0 Å². The van der Waals surface area contributed by atoms with E-state index in [9.17, 15) is 0 Å². The molecular weight excluding hydrogens is 124 g/mol. The fourth-order valence-corrected chi connectivity index (χ4v) is 0.672. The van der Waals surface area contributed by atoms with Crippen molar-refractivity contribution in [2.24, 2.45) is 9.98 Å². The van der Waals surface area contributed by atoms with Gasteiger partial charge in [0, 0.05) is 18.6 Å². The monoisotopic (exact) mass is 136 g/mol. The predicted octanol–water partition coefficient (Wildman–Crippen LogP) is 1.82. The lowest BCUT2D eigenvalue weighted by Gasteiger charge is -2.10. The first-order valence-electron chi connectivity index (χ1n) is 3.36. The lowest BCUT2D eigenvalue weighted by Crippen LogP contribution is -2.17. The molecule has 0 bridgehead atoms. The zero-order chi connectivity index (χ0) is 7.61. The molecule has 2 heteroatoms. The molecule has 0 unspecified atom stereocenters. The summed E-state index contributed by atoms with van der Waals surface area (Å²) in [4.78, 5) is 8.39. The van der Waals surface area contributed by atoms with Crippen molar-refractivity contribution >= 4 is 12.4 Å². The number of nitrogens with zero attached hydrogens (tertiary/aromatic N) is 2. The van der Waals surface area contributed by atoms with E-state index >= 15 is 0 Å². The zero-order valence-electron chi connectivity index (χ0n) is 6.63. The highest BCUT2D eigenvalue weighted by molar-refractivity contribution is 5.83. The van der Waals surface area contributed by atoms with E-state index in [1.165, 1.54) is 0 Å². The van der Waals surface area contributed by atoms with Crippen LogP contribution in [-0.4, -0.2) is 18.0 Å². The van der Waals surface area contributed by atoms with Crippen LogP contribution in [0, 0.1) is 0 Å². The lowest BCUT2D eigenvalue weighted by atomic mass is 10.1. The molecular formula is C8H12N2. The van der Waals surface area contributed by atoms with Crippen molar-refractivity contribution in [3.05, 3.63) is 11.8 Å². The summed E-state index contributed by atoms with van der Waals surface area (Å²) in [5.74, 6) is 0. The first-order valence-corrected chi connectivity index (χ1v) is 3.36. The Balaban J connectivity index is 2.88. The van der Waals surface area contributed by atoms with Crippen LogP contribution in [0.1, 0.15) is 20.8 Å². The van der Waals surface area contributed by atoms with Crippen LogP contribution < -0.4 is 0 Å². The fraction of sp³-hybridized carbons (Fsp3) is 0.500. The molecule has 0 aromatic rings. The summed E-state index contributed by atoms with van der Waals surface area (Å²) in [7, 11) is 0. The van der Waals surface area contributed by atoms with E-state index in [0.29, 0.717) is 0 Å². The van der Waals surface area contributed by atoms with Gasteiger partial charge in [-0.2, -0.15) is 0 Å². The maximum atomic E-state index is 4.29. The average Bonchev–Trinajstić information content (AvgIpc) is 1.94. The summed E-state index contributed by atoms with van der Waals surface area (Å²) < 4.78 is 0. The van der Waals surface area contributed by atoms with Crippen LogP contribution in [0.15, 0.2) is 21.8 Å². The SMILES string of the molecule is CC1=CN=CC(C)(C)N=C1. The number of rotatable bonds is 0. The molecule has 0 atom stereocenters. The van der Waals surface area contributed by atoms with Crippen LogP contribution in [0.5, 0.6) is 0 Å². The van der Waals surface area contributed by atoms with Crippen LogP contribution in [-0.2, 0) is 0 Å². The summed E-state index contributed by atoms with van der Waals surface area (Å²) in [6, 6.07) is 0. The molecule has 10 heavy (non-hydrogen) atoms. The highest BCUT2D eigenvalue weighted by Gasteiger charge is 2.11. The van der Waals surface area contributed by atoms with Gasteiger partial charge >= 0.3 is 0 Å². The van der Waals surface area contributed by atoms with E-state index in [2.05, 4.69) is 9.98 Å². The van der Waals surface area contributed by atoms with E-state index in [0.717, 1.165) is 5.57 Å². The van der Waals surface area contributed by atoms with Crippen LogP contribution in [0.4, 0.5) is 0 Å². The molecule has 1 aliphatic heterocycles. The molecule has 0 radical (unpaired) electrons. The van der Waals surface area contributed by atoms with Gasteiger partial charge in [-0.1, -0.05) is 0 Å². The molecule has 1 rings (SSSR count). The van der Waals surface area contributed by atoms with Crippen molar-refractivity contribution in [3.63, 3.8) is 0 Å². The Bertz CT molecular complexity index is 209.